The molecule has 0 bridgehead atoms. The number of rotatable bonds is 9. The quantitative estimate of drug-likeness (QED) is 0.348. The SMILES string of the molecule is COC(=O)CCC(C)([N+](=O)[O-])C(C)(CCC(=O)OC)[N+](=O)[O-]. The van der Waals surface area contributed by atoms with Crippen LogP contribution in [0.4, 0.5) is 0 Å². The van der Waals surface area contributed by atoms with E-state index in [9.17, 15) is 29.8 Å². The maximum absolute atomic E-state index is 11.4. The molecule has 0 aromatic carbocycles. The first kappa shape index (κ1) is 19.7. The first-order valence-corrected chi connectivity index (χ1v) is 6.47. The van der Waals surface area contributed by atoms with E-state index >= 15 is 0 Å². The van der Waals surface area contributed by atoms with Crippen LogP contribution in [0.1, 0.15) is 39.5 Å². The lowest BCUT2D eigenvalue weighted by molar-refractivity contribution is -0.681. The Morgan fingerprint density at radius 2 is 1.14 bits per heavy atom. The molecule has 0 aromatic heterocycles. The molecule has 0 rings (SSSR count). The maximum atomic E-state index is 11.4. The minimum atomic E-state index is -2.04. The highest BCUT2D eigenvalue weighted by atomic mass is 16.6. The van der Waals surface area contributed by atoms with Crippen LogP contribution >= 0.6 is 0 Å². The van der Waals surface area contributed by atoms with Crippen molar-refractivity contribution in [1.82, 2.24) is 0 Å². The van der Waals surface area contributed by atoms with Crippen molar-refractivity contribution in [3.63, 3.8) is 0 Å². The van der Waals surface area contributed by atoms with Crippen LogP contribution in [0.5, 0.6) is 0 Å². The van der Waals surface area contributed by atoms with Crippen LogP contribution in [0.3, 0.4) is 0 Å². The second-order valence-electron chi connectivity index (χ2n) is 5.21. The van der Waals surface area contributed by atoms with E-state index in [1.165, 1.54) is 0 Å². The second-order valence-corrected chi connectivity index (χ2v) is 5.21. The van der Waals surface area contributed by atoms with Crippen LogP contribution in [0.15, 0.2) is 0 Å². The van der Waals surface area contributed by atoms with Gasteiger partial charge in [-0.25, -0.2) is 0 Å². The first-order valence-electron chi connectivity index (χ1n) is 6.47. The number of carbonyl (C=O) groups is 2. The van der Waals surface area contributed by atoms with E-state index in [0.29, 0.717) is 0 Å². The molecule has 0 saturated carbocycles. The van der Waals surface area contributed by atoms with Gasteiger partial charge in [0.15, 0.2) is 0 Å². The summed E-state index contributed by atoms with van der Waals surface area (Å²) in [6.07, 6.45) is -1.44. The zero-order valence-electron chi connectivity index (χ0n) is 13.0. The van der Waals surface area contributed by atoms with Crippen LogP contribution in [-0.2, 0) is 19.1 Å². The molecule has 0 N–H and O–H groups in total. The highest BCUT2D eigenvalue weighted by Gasteiger charge is 2.64. The van der Waals surface area contributed by atoms with Crippen LogP contribution in [0, 0.1) is 20.2 Å². The van der Waals surface area contributed by atoms with E-state index in [0.717, 1.165) is 28.1 Å². The monoisotopic (exact) mass is 320 g/mol. The van der Waals surface area contributed by atoms with Gasteiger partial charge in [-0.2, -0.15) is 0 Å². The van der Waals surface area contributed by atoms with Gasteiger partial charge in [-0.1, -0.05) is 0 Å². The van der Waals surface area contributed by atoms with E-state index in [4.69, 9.17) is 0 Å². The minimum Gasteiger partial charge on any atom is -0.469 e. The fraction of sp³-hybridized carbons (Fsp3) is 0.833. The highest BCUT2D eigenvalue weighted by molar-refractivity contribution is 5.69. The Balaban J connectivity index is 5.49. The molecule has 0 aliphatic rings. The zero-order valence-corrected chi connectivity index (χ0v) is 13.0. The van der Waals surface area contributed by atoms with Crippen molar-refractivity contribution in [2.24, 2.45) is 0 Å². The minimum absolute atomic E-state index is 0.338. The Bertz CT molecular complexity index is 424. The third-order valence-corrected chi connectivity index (χ3v) is 4.05. The van der Waals surface area contributed by atoms with Gasteiger partial charge in [0.1, 0.15) is 0 Å². The van der Waals surface area contributed by atoms with E-state index in [1.807, 2.05) is 0 Å². The molecule has 0 aromatic rings. The van der Waals surface area contributed by atoms with Crippen LogP contribution in [0.2, 0.25) is 0 Å². The Morgan fingerprint density at radius 1 is 0.864 bits per heavy atom. The van der Waals surface area contributed by atoms with E-state index < -0.39 is 32.9 Å². The second kappa shape index (κ2) is 7.66. The summed E-state index contributed by atoms with van der Waals surface area (Å²) in [5.41, 5.74) is -4.09. The lowest BCUT2D eigenvalue weighted by Gasteiger charge is -2.32. The van der Waals surface area contributed by atoms with Crippen molar-refractivity contribution in [3.8, 4) is 0 Å². The molecule has 0 amide bonds. The molecule has 0 saturated heterocycles. The lowest BCUT2D eigenvalue weighted by Crippen LogP contribution is -2.60. The van der Waals surface area contributed by atoms with Crippen LogP contribution < -0.4 is 0 Å². The van der Waals surface area contributed by atoms with Crippen LogP contribution in [0.25, 0.3) is 0 Å². The molecule has 0 heterocycles. The van der Waals surface area contributed by atoms with Gasteiger partial charge in [-0.15, -0.1) is 0 Å². The van der Waals surface area contributed by atoms with Gasteiger partial charge >= 0.3 is 11.9 Å². The summed E-state index contributed by atoms with van der Waals surface area (Å²) in [7, 11) is 2.24. The average Bonchev–Trinajstić information content (AvgIpc) is 2.48. The number of nitrogens with zero attached hydrogens (tertiary/aromatic N) is 2. The van der Waals surface area contributed by atoms with Gasteiger partial charge < -0.3 is 9.47 Å². The predicted molar refractivity (Wildman–Crippen MR) is 73.3 cm³/mol. The first-order chi connectivity index (χ1) is 10.0. The van der Waals surface area contributed by atoms with Gasteiger partial charge in [0.05, 0.1) is 27.1 Å². The largest absolute Gasteiger partial charge is 0.469 e. The summed E-state index contributed by atoms with van der Waals surface area (Å²) in [5.74, 6) is -1.40. The Hall–Kier alpha value is -2.26. The van der Waals surface area contributed by atoms with Crippen molar-refractivity contribution in [3.05, 3.63) is 20.2 Å². The molecule has 22 heavy (non-hydrogen) atoms. The number of methoxy groups -OCH3 is 2. The number of ether oxygens (including phenoxy) is 2. The van der Waals surface area contributed by atoms with Gasteiger partial charge in [0.2, 0.25) is 0 Å². The van der Waals surface area contributed by atoms with Gasteiger partial charge in [-0.3, -0.25) is 29.8 Å². The van der Waals surface area contributed by atoms with Crippen molar-refractivity contribution in [2.75, 3.05) is 14.2 Å². The molecule has 2 unspecified atom stereocenters. The predicted octanol–water partition coefficient (Wildman–Crippen LogP) is 0.964. The summed E-state index contributed by atoms with van der Waals surface area (Å²) in [4.78, 5) is 43.7. The average molecular weight is 320 g/mol. The molecule has 0 aliphatic carbocycles. The summed E-state index contributed by atoms with van der Waals surface area (Å²) < 4.78 is 8.82. The number of hydrogen-bond acceptors (Lipinski definition) is 8. The molecular weight excluding hydrogens is 300 g/mol. The summed E-state index contributed by atoms with van der Waals surface area (Å²) in [6.45, 7) is 2.19. The Labute approximate surface area is 127 Å². The van der Waals surface area contributed by atoms with Crippen molar-refractivity contribution >= 4 is 11.9 Å². The molecule has 126 valence electrons. The van der Waals surface area contributed by atoms with Gasteiger partial charge in [-0.05, 0) is 0 Å². The van der Waals surface area contributed by atoms with Crippen molar-refractivity contribution < 1.29 is 28.9 Å². The zero-order chi connectivity index (χ0) is 17.6. The van der Waals surface area contributed by atoms with Crippen molar-refractivity contribution in [1.29, 1.82) is 0 Å². The highest BCUT2D eigenvalue weighted by Crippen LogP contribution is 2.36. The lowest BCUT2D eigenvalue weighted by atomic mass is 9.74. The Morgan fingerprint density at radius 3 is 1.32 bits per heavy atom. The van der Waals surface area contributed by atoms with Crippen LogP contribution in [-0.4, -0.2) is 47.1 Å². The molecule has 0 aliphatic heterocycles. The third kappa shape index (κ3) is 4.12. The molecule has 0 fully saturated rings. The summed E-state index contributed by atoms with van der Waals surface area (Å²) in [6, 6.07) is 0. The topological polar surface area (TPSA) is 139 Å². The van der Waals surface area contributed by atoms with E-state index in [2.05, 4.69) is 9.47 Å². The Kier molecular flexibility index (Phi) is 6.88. The third-order valence-electron chi connectivity index (χ3n) is 4.05. The molecule has 0 spiro atoms. The smallest absolute Gasteiger partial charge is 0.305 e. The van der Waals surface area contributed by atoms with Crippen molar-refractivity contribution in [2.45, 2.75) is 50.6 Å². The summed E-state index contributed by atoms with van der Waals surface area (Å²) >= 11 is 0. The fourth-order valence-electron chi connectivity index (χ4n) is 2.01. The number of hydrogen-bond donors (Lipinski definition) is 0. The number of nitro groups is 2. The number of esters is 2. The summed E-state index contributed by atoms with van der Waals surface area (Å²) in [5, 5.41) is 22.8. The van der Waals surface area contributed by atoms with Gasteiger partial charge in [0.25, 0.3) is 11.1 Å². The standard InChI is InChI=1S/C12H20N2O8/c1-11(13(17)18,7-5-9(15)21-3)12(2,14(19)20)8-6-10(16)22-4/h5-8H2,1-4H3. The molecule has 10 nitrogen and oxygen atoms in total. The molecular formula is C12H20N2O8. The van der Waals surface area contributed by atoms with E-state index in [-0.39, 0.29) is 25.7 Å². The molecule has 0 radical (unpaired) electrons. The van der Waals surface area contributed by atoms with E-state index in [1.54, 1.807) is 0 Å². The number of carbonyl (C=O) groups excluding carboxylic acids is 2. The molecule has 10 heteroatoms. The maximum Gasteiger partial charge on any atom is 0.305 e. The molecule has 2 atom stereocenters. The fourth-order valence-corrected chi connectivity index (χ4v) is 2.01. The van der Waals surface area contributed by atoms with Gasteiger partial charge in [0, 0.05) is 36.5 Å². The normalized spacial score (nSPS) is 16.0.